The molecule has 2 nitrogen and oxygen atoms in total. The number of likely N-dealkylation sites (tertiary alicyclic amines) is 1. The van der Waals surface area contributed by atoms with Crippen molar-refractivity contribution in [2.45, 2.75) is 38.6 Å². The summed E-state index contributed by atoms with van der Waals surface area (Å²) >= 11 is 10.00. The Morgan fingerprint density at radius 3 is 2.85 bits per heavy atom. The zero-order chi connectivity index (χ0) is 14.5. The topological polar surface area (TPSA) is 29.3 Å². The average Bonchev–Trinajstić information content (AvgIpc) is 2.62. The van der Waals surface area contributed by atoms with Crippen LogP contribution in [0.2, 0.25) is 5.02 Å². The summed E-state index contributed by atoms with van der Waals surface area (Å²) in [4.78, 5) is 2.58. The van der Waals surface area contributed by atoms with Gasteiger partial charge >= 0.3 is 0 Å². The second kappa shape index (κ2) is 7.79. The summed E-state index contributed by atoms with van der Waals surface area (Å²) in [6.45, 7) is 5.24. The predicted molar refractivity (Wildman–Crippen MR) is 90.2 cm³/mol. The molecule has 1 saturated heterocycles. The van der Waals surface area contributed by atoms with Crippen LogP contribution in [0, 0.1) is 5.92 Å². The Hall–Kier alpha value is -0.0900. The molecule has 1 aliphatic heterocycles. The third-order valence-electron chi connectivity index (χ3n) is 4.20. The van der Waals surface area contributed by atoms with Crippen LogP contribution >= 0.6 is 27.5 Å². The van der Waals surface area contributed by atoms with Crippen molar-refractivity contribution in [3.63, 3.8) is 0 Å². The second-order valence-electron chi connectivity index (χ2n) is 5.64. The van der Waals surface area contributed by atoms with Crippen molar-refractivity contribution in [1.29, 1.82) is 0 Å². The number of hydrogen-bond donors (Lipinski definition) is 1. The Labute approximate surface area is 135 Å². The van der Waals surface area contributed by atoms with Gasteiger partial charge in [-0.3, -0.25) is 4.90 Å². The van der Waals surface area contributed by atoms with Gasteiger partial charge in [0, 0.05) is 15.5 Å². The van der Waals surface area contributed by atoms with E-state index in [0.29, 0.717) is 12.0 Å². The fourth-order valence-corrected chi connectivity index (χ4v) is 4.08. The zero-order valence-electron chi connectivity index (χ0n) is 12.1. The minimum absolute atomic E-state index is 0.364. The number of nitrogens with zero attached hydrogens (tertiary/aromatic N) is 1. The molecule has 112 valence electrons. The molecule has 1 aromatic rings. The number of nitrogens with two attached hydrogens (primary N) is 1. The van der Waals surface area contributed by atoms with Crippen molar-refractivity contribution in [2.24, 2.45) is 11.7 Å². The van der Waals surface area contributed by atoms with Gasteiger partial charge in [0.15, 0.2) is 0 Å². The molecular weight excluding hydrogens is 336 g/mol. The molecule has 1 aromatic carbocycles. The fourth-order valence-electron chi connectivity index (χ4n) is 3.29. The minimum Gasteiger partial charge on any atom is -0.330 e. The highest BCUT2D eigenvalue weighted by Gasteiger charge is 2.31. The molecule has 2 unspecified atom stereocenters. The highest BCUT2D eigenvalue weighted by molar-refractivity contribution is 9.10. The van der Waals surface area contributed by atoms with Gasteiger partial charge in [0.05, 0.1) is 0 Å². The lowest BCUT2D eigenvalue weighted by molar-refractivity contribution is 0.158. The average molecular weight is 360 g/mol. The van der Waals surface area contributed by atoms with E-state index >= 15 is 0 Å². The van der Waals surface area contributed by atoms with Gasteiger partial charge in [-0.25, -0.2) is 0 Å². The Balaban J connectivity index is 2.37. The van der Waals surface area contributed by atoms with Crippen LogP contribution in [0.4, 0.5) is 0 Å². The summed E-state index contributed by atoms with van der Waals surface area (Å²) in [5, 5.41) is 0.853. The molecule has 2 rings (SSSR count). The first-order valence-corrected chi connectivity index (χ1v) is 8.73. The van der Waals surface area contributed by atoms with Gasteiger partial charge in [0.2, 0.25) is 0 Å². The van der Waals surface area contributed by atoms with Crippen LogP contribution in [0.1, 0.15) is 44.2 Å². The van der Waals surface area contributed by atoms with E-state index in [-0.39, 0.29) is 0 Å². The van der Waals surface area contributed by atoms with Gasteiger partial charge in [-0.05, 0) is 62.5 Å². The van der Waals surface area contributed by atoms with E-state index < -0.39 is 0 Å². The molecule has 0 spiro atoms. The summed E-state index contributed by atoms with van der Waals surface area (Å²) in [6, 6.07) is 6.61. The molecule has 0 saturated carbocycles. The molecule has 0 aliphatic carbocycles. The van der Waals surface area contributed by atoms with Crippen LogP contribution in [0.15, 0.2) is 22.7 Å². The summed E-state index contributed by atoms with van der Waals surface area (Å²) in [5.41, 5.74) is 7.30. The van der Waals surface area contributed by atoms with Crippen molar-refractivity contribution in [3.05, 3.63) is 33.3 Å². The lowest BCUT2D eigenvalue weighted by Gasteiger charge is -2.35. The third-order valence-corrected chi connectivity index (χ3v) is 5.03. The van der Waals surface area contributed by atoms with Gasteiger partial charge in [0.1, 0.15) is 0 Å². The second-order valence-corrected chi connectivity index (χ2v) is 6.96. The van der Waals surface area contributed by atoms with Gasteiger partial charge in [-0.1, -0.05) is 46.9 Å². The van der Waals surface area contributed by atoms with Crippen molar-refractivity contribution in [3.8, 4) is 0 Å². The molecule has 0 amide bonds. The minimum atomic E-state index is 0.364. The highest BCUT2D eigenvalue weighted by atomic mass is 79.9. The summed E-state index contributed by atoms with van der Waals surface area (Å²) in [7, 11) is 0. The lowest BCUT2D eigenvalue weighted by atomic mass is 9.89. The first-order valence-electron chi connectivity index (χ1n) is 7.56. The predicted octanol–water partition coefficient (Wildman–Crippen LogP) is 4.61. The van der Waals surface area contributed by atoms with Crippen LogP contribution < -0.4 is 5.73 Å². The number of halogens is 2. The summed E-state index contributed by atoms with van der Waals surface area (Å²) in [6.07, 6.45) is 4.91. The van der Waals surface area contributed by atoms with E-state index in [0.717, 1.165) is 29.1 Å². The van der Waals surface area contributed by atoms with E-state index in [4.69, 9.17) is 17.3 Å². The molecular formula is C16H24BrClN2. The van der Waals surface area contributed by atoms with Crippen molar-refractivity contribution in [1.82, 2.24) is 4.90 Å². The van der Waals surface area contributed by atoms with Gasteiger partial charge in [0.25, 0.3) is 0 Å². The lowest BCUT2D eigenvalue weighted by Crippen LogP contribution is -2.36. The van der Waals surface area contributed by atoms with E-state index in [2.05, 4.69) is 39.9 Å². The maximum atomic E-state index is 6.51. The normalized spacial score (nSPS) is 24.6. The molecule has 0 bridgehead atoms. The first-order chi connectivity index (χ1) is 9.67. The molecule has 2 atom stereocenters. The summed E-state index contributed by atoms with van der Waals surface area (Å²) in [5.74, 6) is 0.503. The molecule has 0 aromatic heterocycles. The molecule has 2 N–H and O–H groups in total. The maximum Gasteiger partial charge on any atom is 0.0465 e. The Morgan fingerprint density at radius 2 is 2.20 bits per heavy atom. The van der Waals surface area contributed by atoms with E-state index in [1.54, 1.807) is 0 Å². The maximum absolute atomic E-state index is 6.51. The zero-order valence-corrected chi connectivity index (χ0v) is 14.5. The smallest absolute Gasteiger partial charge is 0.0465 e. The molecule has 1 aliphatic rings. The van der Waals surface area contributed by atoms with Crippen LogP contribution in [0.25, 0.3) is 0 Å². The molecule has 20 heavy (non-hydrogen) atoms. The Bertz CT molecular complexity index is 438. The van der Waals surface area contributed by atoms with Crippen LogP contribution in [-0.4, -0.2) is 24.5 Å². The number of hydrogen-bond acceptors (Lipinski definition) is 2. The van der Waals surface area contributed by atoms with Gasteiger partial charge in [-0.2, -0.15) is 0 Å². The molecule has 0 radical (unpaired) electrons. The SMILES string of the molecule is CCCN1CCCCC(CN)C1c1ccc(Br)cc1Cl. The van der Waals surface area contributed by atoms with Crippen LogP contribution in [-0.2, 0) is 0 Å². The van der Waals surface area contributed by atoms with Crippen LogP contribution in [0.5, 0.6) is 0 Å². The summed E-state index contributed by atoms with van der Waals surface area (Å²) < 4.78 is 1.03. The van der Waals surface area contributed by atoms with Crippen molar-refractivity contribution < 1.29 is 0 Å². The third kappa shape index (κ3) is 3.76. The number of benzene rings is 1. The van der Waals surface area contributed by atoms with E-state index in [9.17, 15) is 0 Å². The molecule has 4 heteroatoms. The standard InChI is InChI=1S/C16H24BrClN2/c1-2-8-20-9-4-3-5-12(11-19)16(20)14-7-6-13(17)10-15(14)18/h6-7,10,12,16H,2-5,8-9,11,19H2,1H3. The van der Waals surface area contributed by atoms with E-state index in [1.807, 2.05) is 6.07 Å². The Kier molecular flexibility index (Phi) is 6.34. The molecule has 1 fully saturated rings. The highest BCUT2D eigenvalue weighted by Crippen LogP contribution is 2.38. The largest absolute Gasteiger partial charge is 0.330 e. The van der Waals surface area contributed by atoms with Gasteiger partial charge < -0.3 is 5.73 Å². The Morgan fingerprint density at radius 1 is 1.40 bits per heavy atom. The van der Waals surface area contributed by atoms with Crippen molar-refractivity contribution in [2.75, 3.05) is 19.6 Å². The quantitative estimate of drug-likeness (QED) is 0.850. The first kappa shape index (κ1) is 16.3. The molecule has 1 heterocycles. The number of rotatable bonds is 4. The van der Waals surface area contributed by atoms with Crippen LogP contribution in [0.3, 0.4) is 0 Å². The van der Waals surface area contributed by atoms with Crippen molar-refractivity contribution >= 4 is 27.5 Å². The van der Waals surface area contributed by atoms with E-state index in [1.165, 1.54) is 31.2 Å². The fraction of sp³-hybridized carbons (Fsp3) is 0.625. The van der Waals surface area contributed by atoms with Gasteiger partial charge in [-0.15, -0.1) is 0 Å². The monoisotopic (exact) mass is 358 g/mol.